The summed E-state index contributed by atoms with van der Waals surface area (Å²) in [5, 5.41) is 3.80. The third kappa shape index (κ3) is 3.60. The summed E-state index contributed by atoms with van der Waals surface area (Å²) >= 11 is 1.58. The molecule has 0 bridgehead atoms. The van der Waals surface area contributed by atoms with Crippen molar-refractivity contribution in [3.8, 4) is 5.75 Å². The van der Waals surface area contributed by atoms with E-state index in [0.717, 1.165) is 33.3 Å². The van der Waals surface area contributed by atoms with Crippen LogP contribution in [0.2, 0.25) is 0 Å². The molecule has 2 atom stereocenters. The second kappa shape index (κ2) is 7.64. The average molecular weight is 394 g/mol. The van der Waals surface area contributed by atoms with E-state index in [9.17, 15) is 4.79 Å². The van der Waals surface area contributed by atoms with Gasteiger partial charge < -0.3 is 15.5 Å². The van der Waals surface area contributed by atoms with E-state index < -0.39 is 0 Å². The number of ether oxygens (including phenoxy) is 1. The molecule has 144 valence electrons. The third-order valence-electron chi connectivity index (χ3n) is 4.88. The lowest BCUT2D eigenvalue weighted by Crippen LogP contribution is -2.41. The molecular formula is C22H23N3O2S. The first kappa shape index (κ1) is 18.5. The third-order valence-corrected chi connectivity index (χ3v) is 6.18. The second-order valence-corrected chi connectivity index (χ2v) is 8.09. The van der Waals surface area contributed by atoms with Gasteiger partial charge >= 0.3 is 0 Å². The second-order valence-electron chi connectivity index (χ2n) is 6.93. The number of hydrogen-bond donors (Lipinski definition) is 2. The van der Waals surface area contributed by atoms with Gasteiger partial charge in [0, 0.05) is 11.4 Å². The molecule has 4 rings (SSSR count). The van der Waals surface area contributed by atoms with Gasteiger partial charge in [-0.2, -0.15) is 0 Å². The lowest BCUT2D eigenvalue weighted by Gasteiger charge is -2.34. The van der Waals surface area contributed by atoms with Gasteiger partial charge in [-0.1, -0.05) is 36.0 Å². The van der Waals surface area contributed by atoms with Gasteiger partial charge in [-0.25, -0.2) is 0 Å². The number of anilines is 1. The predicted molar refractivity (Wildman–Crippen MR) is 114 cm³/mol. The maximum Gasteiger partial charge on any atom is 0.240 e. The highest BCUT2D eigenvalue weighted by atomic mass is 32.2. The molecule has 6 heteroatoms. The first-order valence-electron chi connectivity index (χ1n) is 9.18. The van der Waals surface area contributed by atoms with Crippen molar-refractivity contribution in [2.24, 2.45) is 0 Å². The average Bonchev–Trinajstić information content (AvgIpc) is 3.07. The molecule has 1 aliphatic rings. The van der Waals surface area contributed by atoms with Crippen LogP contribution in [0.15, 0.2) is 65.7 Å². The summed E-state index contributed by atoms with van der Waals surface area (Å²) in [6.45, 7) is 4.07. The van der Waals surface area contributed by atoms with Gasteiger partial charge in [0.1, 0.15) is 11.0 Å². The number of aryl methyl sites for hydroxylation is 2. The van der Waals surface area contributed by atoms with Crippen LogP contribution in [-0.4, -0.2) is 22.9 Å². The Bertz CT molecular complexity index is 997. The van der Waals surface area contributed by atoms with Crippen molar-refractivity contribution in [1.29, 1.82) is 0 Å². The van der Waals surface area contributed by atoms with Crippen molar-refractivity contribution < 1.29 is 9.53 Å². The Balaban J connectivity index is 1.65. The number of hydrogen-bond acceptors (Lipinski definition) is 4. The van der Waals surface area contributed by atoms with Crippen molar-refractivity contribution in [3.63, 3.8) is 0 Å². The van der Waals surface area contributed by atoms with Gasteiger partial charge in [-0.05, 0) is 61.4 Å². The van der Waals surface area contributed by atoms with E-state index in [0.29, 0.717) is 0 Å². The zero-order chi connectivity index (χ0) is 19.7. The molecule has 1 aliphatic heterocycles. The number of carbonyl (C=O) groups excluding carboxylic acids is 1. The number of carbonyl (C=O) groups is 1. The fourth-order valence-corrected chi connectivity index (χ4v) is 4.61. The maximum absolute atomic E-state index is 13.2. The van der Waals surface area contributed by atoms with Gasteiger partial charge in [0.05, 0.1) is 18.2 Å². The highest BCUT2D eigenvalue weighted by Gasteiger charge is 2.36. The summed E-state index contributed by atoms with van der Waals surface area (Å²) in [4.78, 5) is 13.2. The predicted octanol–water partition coefficient (Wildman–Crippen LogP) is 4.51. The number of rotatable bonds is 4. The van der Waals surface area contributed by atoms with Gasteiger partial charge in [0.15, 0.2) is 0 Å². The molecule has 0 saturated carbocycles. The molecule has 2 heterocycles. The number of aromatic nitrogens is 1. The zero-order valence-electron chi connectivity index (χ0n) is 16.1. The maximum atomic E-state index is 13.2. The van der Waals surface area contributed by atoms with Crippen molar-refractivity contribution in [3.05, 3.63) is 77.5 Å². The number of nitrogens with zero attached hydrogens (tertiary/aromatic N) is 1. The highest BCUT2D eigenvalue weighted by Crippen LogP contribution is 2.39. The van der Waals surface area contributed by atoms with E-state index in [1.807, 2.05) is 61.5 Å². The highest BCUT2D eigenvalue weighted by molar-refractivity contribution is 8.00. The summed E-state index contributed by atoms with van der Waals surface area (Å²) in [7, 11) is 1.65. The molecule has 28 heavy (non-hydrogen) atoms. The Kier molecular flexibility index (Phi) is 5.05. The number of benzene rings is 2. The molecule has 2 N–H and O–H groups in total. The Morgan fingerprint density at radius 3 is 2.61 bits per heavy atom. The van der Waals surface area contributed by atoms with E-state index in [1.54, 1.807) is 18.9 Å². The standard InChI is InChI=1S/C22H23N3O2S/c1-14-5-4-6-17(13-14)23-22(26)21-20(16-8-10-18(27-3)11-9-16)24-25-15(2)7-12-19(25)28-21/h4-13,20-21,24H,1-3H3,(H,23,26). The normalized spacial score (nSPS) is 18.1. The van der Waals surface area contributed by atoms with Crippen LogP contribution in [0.1, 0.15) is 22.9 Å². The van der Waals surface area contributed by atoms with Crippen LogP contribution in [0.3, 0.4) is 0 Å². The van der Waals surface area contributed by atoms with Crippen LogP contribution < -0.4 is 15.5 Å². The molecule has 0 fully saturated rings. The minimum atomic E-state index is -0.310. The van der Waals surface area contributed by atoms with E-state index in [1.165, 1.54) is 0 Å². The SMILES string of the molecule is COc1ccc(C2Nn3c(C)ccc3SC2C(=O)Nc2cccc(C)c2)cc1. The van der Waals surface area contributed by atoms with Crippen LogP contribution >= 0.6 is 11.8 Å². The quantitative estimate of drug-likeness (QED) is 0.685. The first-order chi connectivity index (χ1) is 13.5. The molecule has 0 radical (unpaired) electrons. The van der Waals surface area contributed by atoms with Crippen molar-refractivity contribution in [1.82, 2.24) is 4.68 Å². The summed E-state index contributed by atoms with van der Waals surface area (Å²) < 4.78 is 7.33. The minimum Gasteiger partial charge on any atom is -0.497 e. The molecule has 1 aromatic heterocycles. The summed E-state index contributed by atoms with van der Waals surface area (Å²) in [5.74, 6) is 0.778. The Morgan fingerprint density at radius 2 is 1.89 bits per heavy atom. The fourth-order valence-electron chi connectivity index (χ4n) is 3.38. The molecule has 2 unspecified atom stereocenters. The molecule has 0 saturated heterocycles. The summed E-state index contributed by atoms with van der Waals surface area (Å²) in [5.41, 5.74) is 7.60. The van der Waals surface area contributed by atoms with Gasteiger partial charge in [-0.15, -0.1) is 0 Å². The van der Waals surface area contributed by atoms with Crippen molar-refractivity contribution in [2.75, 3.05) is 17.9 Å². The van der Waals surface area contributed by atoms with Gasteiger partial charge in [0.25, 0.3) is 0 Å². The molecule has 1 amide bonds. The Morgan fingerprint density at radius 1 is 1.11 bits per heavy atom. The smallest absolute Gasteiger partial charge is 0.240 e. The Labute approximate surface area is 169 Å². The fraction of sp³-hybridized carbons (Fsp3) is 0.227. The van der Waals surface area contributed by atoms with Crippen LogP contribution in [0, 0.1) is 13.8 Å². The van der Waals surface area contributed by atoms with E-state index >= 15 is 0 Å². The van der Waals surface area contributed by atoms with Gasteiger partial charge in [-0.3, -0.25) is 9.47 Å². The Hall–Kier alpha value is -2.86. The summed E-state index contributed by atoms with van der Waals surface area (Å²) in [6.07, 6.45) is 0. The number of amides is 1. The lowest BCUT2D eigenvalue weighted by molar-refractivity contribution is -0.116. The van der Waals surface area contributed by atoms with E-state index in [4.69, 9.17) is 4.74 Å². The molecular weight excluding hydrogens is 370 g/mol. The van der Waals surface area contributed by atoms with Crippen LogP contribution in [0.4, 0.5) is 5.69 Å². The van der Waals surface area contributed by atoms with Gasteiger partial charge in [0.2, 0.25) is 5.91 Å². The van der Waals surface area contributed by atoms with Crippen molar-refractivity contribution in [2.45, 2.75) is 30.2 Å². The molecule has 5 nitrogen and oxygen atoms in total. The van der Waals surface area contributed by atoms with Crippen LogP contribution in [0.5, 0.6) is 5.75 Å². The number of thioether (sulfide) groups is 1. The topological polar surface area (TPSA) is 55.3 Å². The lowest BCUT2D eigenvalue weighted by atomic mass is 10.0. The molecule has 3 aromatic rings. The minimum absolute atomic E-state index is 0.0194. The number of nitrogens with one attached hydrogen (secondary N) is 2. The number of fused-ring (bicyclic) bond motifs is 1. The van der Waals surface area contributed by atoms with Crippen molar-refractivity contribution >= 4 is 23.4 Å². The summed E-state index contributed by atoms with van der Waals surface area (Å²) in [6, 6.07) is 19.7. The van der Waals surface area contributed by atoms with Crippen LogP contribution in [0.25, 0.3) is 0 Å². The largest absolute Gasteiger partial charge is 0.497 e. The first-order valence-corrected chi connectivity index (χ1v) is 10.1. The van der Waals surface area contributed by atoms with Crippen LogP contribution in [-0.2, 0) is 4.79 Å². The molecule has 2 aromatic carbocycles. The zero-order valence-corrected chi connectivity index (χ0v) is 16.9. The van der Waals surface area contributed by atoms with E-state index in [-0.39, 0.29) is 17.2 Å². The molecule has 0 spiro atoms. The van der Waals surface area contributed by atoms with E-state index in [2.05, 4.69) is 28.4 Å². The number of methoxy groups -OCH3 is 1. The monoisotopic (exact) mass is 393 g/mol. The molecule has 0 aliphatic carbocycles.